The summed E-state index contributed by atoms with van der Waals surface area (Å²) >= 11 is 0. The van der Waals surface area contributed by atoms with E-state index in [-0.39, 0.29) is 25.8 Å². The molecule has 184 valence electrons. The Hall–Kier alpha value is -3.97. The molecule has 0 spiro atoms. The third-order valence-corrected chi connectivity index (χ3v) is 5.05. The van der Waals surface area contributed by atoms with E-state index >= 15 is 0 Å². The molecule has 4 amide bonds. The number of carboxylic acid groups (broad SMARTS) is 1. The number of aliphatic carboxylic acids is 1. The van der Waals surface area contributed by atoms with Crippen LogP contribution < -0.4 is 27.4 Å². The molecule has 13 nitrogen and oxygen atoms in total. The van der Waals surface area contributed by atoms with Crippen LogP contribution in [-0.4, -0.2) is 76.1 Å². The Labute approximate surface area is 194 Å². The van der Waals surface area contributed by atoms with Crippen LogP contribution in [0, 0.1) is 0 Å². The Kier molecular flexibility index (Phi) is 9.52. The van der Waals surface area contributed by atoms with Gasteiger partial charge < -0.3 is 42.6 Å². The van der Waals surface area contributed by atoms with Crippen LogP contribution in [0.2, 0.25) is 0 Å². The molecule has 1 aromatic carbocycles. The number of aliphatic hydroxyl groups excluding tert-OH is 1. The van der Waals surface area contributed by atoms with Crippen LogP contribution in [0.15, 0.2) is 30.5 Å². The first-order valence-corrected chi connectivity index (χ1v) is 10.4. The first-order valence-electron chi connectivity index (χ1n) is 10.4. The smallest absolute Gasteiger partial charge is 0.328 e. The van der Waals surface area contributed by atoms with Gasteiger partial charge in [0.1, 0.15) is 18.1 Å². The van der Waals surface area contributed by atoms with Crippen molar-refractivity contribution in [3.63, 3.8) is 0 Å². The fourth-order valence-corrected chi connectivity index (χ4v) is 3.27. The van der Waals surface area contributed by atoms with Crippen LogP contribution in [0.3, 0.4) is 0 Å². The van der Waals surface area contributed by atoms with Crippen LogP contribution in [0.25, 0.3) is 10.9 Å². The SMILES string of the molecule is NCC(=O)NC(Cc1c[nH]c2ccccc12)C(=O)NC(CCC(N)=O)C(=O)NC(CO)C(=O)O. The normalized spacial score (nSPS) is 13.5. The van der Waals surface area contributed by atoms with Crippen LogP contribution in [-0.2, 0) is 30.4 Å². The summed E-state index contributed by atoms with van der Waals surface area (Å²) in [6.45, 7) is -1.26. The minimum absolute atomic E-state index is 0.0557. The summed E-state index contributed by atoms with van der Waals surface area (Å²) in [5.41, 5.74) is 12.1. The minimum atomic E-state index is -1.61. The highest BCUT2D eigenvalue weighted by Gasteiger charge is 2.30. The number of carboxylic acids is 1. The zero-order valence-corrected chi connectivity index (χ0v) is 18.2. The zero-order valence-electron chi connectivity index (χ0n) is 18.2. The van der Waals surface area contributed by atoms with Gasteiger partial charge in [-0.05, 0) is 18.1 Å². The van der Waals surface area contributed by atoms with Crippen molar-refractivity contribution in [2.75, 3.05) is 13.2 Å². The van der Waals surface area contributed by atoms with Gasteiger partial charge in [-0.3, -0.25) is 19.2 Å². The quantitative estimate of drug-likeness (QED) is 0.153. The van der Waals surface area contributed by atoms with E-state index in [1.807, 2.05) is 24.3 Å². The molecule has 0 radical (unpaired) electrons. The lowest BCUT2D eigenvalue weighted by molar-refractivity contribution is -0.143. The lowest BCUT2D eigenvalue weighted by Gasteiger charge is -2.24. The molecule has 0 bridgehead atoms. The number of rotatable bonds is 13. The number of carbonyl (C=O) groups excluding carboxylic acids is 4. The molecule has 0 aliphatic carbocycles. The largest absolute Gasteiger partial charge is 0.480 e. The number of nitrogens with two attached hydrogens (primary N) is 2. The number of aromatic amines is 1. The fraction of sp³-hybridized carbons (Fsp3) is 0.381. The van der Waals surface area contributed by atoms with Gasteiger partial charge in [-0.2, -0.15) is 0 Å². The second-order valence-electron chi connectivity index (χ2n) is 7.54. The molecule has 2 rings (SSSR count). The molecule has 0 saturated heterocycles. The average molecular weight is 476 g/mol. The number of aliphatic hydroxyl groups is 1. The van der Waals surface area contributed by atoms with Gasteiger partial charge in [-0.1, -0.05) is 18.2 Å². The van der Waals surface area contributed by atoms with Gasteiger partial charge in [-0.25, -0.2) is 4.79 Å². The number of primary amides is 1. The lowest BCUT2D eigenvalue weighted by atomic mass is 10.0. The summed E-state index contributed by atoms with van der Waals surface area (Å²) in [6.07, 6.45) is 1.24. The molecule has 0 aliphatic heterocycles. The third-order valence-electron chi connectivity index (χ3n) is 5.05. The van der Waals surface area contributed by atoms with Gasteiger partial charge in [0.05, 0.1) is 13.2 Å². The highest BCUT2D eigenvalue weighted by molar-refractivity contribution is 5.94. The van der Waals surface area contributed by atoms with Gasteiger partial charge in [0.2, 0.25) is 23.6 Å². The minimum Gasteiger partial charge on any atom is -0.480 e. The number of amides is 4. The lowest BCUT2D eigenvalue weighted by Crippen LogP contribution is -2.57. The number of hydrogen-bond donors (Lipinski definition) is 8. The van der Waals surface area contributed by atoms with Crippen molar-refractivity contribution >= 4 is 40.5 Å². The number of carbonyl (C=O) groups is 5. The zero-order chi connectivity index (χ0) is 25.3. The Balaban J connectivity index is 2.24. The second kappa shape index (κ2) is 12.3. The molecule has 3 atom stereocenters. The van der Waals surface area contributed by atoms with Crippen LogP contribution in [0.4, 0.5) is 0 Å². The first-order chi connectivity index (χ1) is 16.2. The first kappa shape index (κ1) is 26.3. The van der Waals surface area contributed by atoms with Crippen molar-refractivity contribution in [1.82, 2.24) is 20.9 Å². The van der Waals surface area contributed by atoms with E-state index in [1.165, 1.54) is 0 Å². The molecule has 0 aliphatic rings. The summed E-state index contributed by atoms with van der Waals surface area (Å²) in [5.74, 6) is -4.53. The summed E-state index contributed by atoms with van der Waals surface area (Å²) in [4.78, 5) is 63.0. The molecule has 1 heterocycles. The molecule has 34 heavy (non-hydrogen) atoms. The van der Waals surface area contributed by atoms with E-state index in [4.69, 9.17) is 21.7 Å². The number of para-hydroxylation sites is 1. The summed E-state index contributed by atoms with van der Waals surface area (Å²) in [7, 11) is 0. The second-order valence-corrected chi connectivity index (χ2v) is 7.54. The van der Waals surface area contributed by atoms with Gasteiger partial charge in [0.25, 0.3) is 0 Å². The fourth-order valence-electron chi connectivity index (χ4n) is 3.27. The number of fused-ring (bicyclic) bond motifs is 1. The molecule has 13 heteroatoms. The Morgan fingerprint density at radius 1 is 0.971 bits per heavy atom. The van der Waals surface area contributed by atoms with E-state index < -0.39 is 54.3 Å². The van der Waals surface area contributed by atoms with Crippen molar-refractivity contribution in [1.29, 1.82) is 0 Å². The molecule has 2 aromatic rings. The Morgan fingerprint density at radius 2 is 1.62 bits per heavy atom. The molecule has 1 aromatic heterocycles. The molecular weight excluding hydrogens is 448 g/mol. The van der Waals surface area contributed by atoms with Crippen molar-refractivity contribution in [3.05, 3.63) is 36.0 Å². The summed E-state index contributed by atoms with van der Waals surface area (Å²) < 4.78 is 0. The summed E-state index contributed by atoms with van der Waals surface area (Å²) in [6, 6.07) is 3.24. The van der Waals surface area contributed by atoms with Crippen LogP contribution >= 0.6 is 0 Å². The predicted octanol–water partition coefficient (Wildman–Crippen LogP) is -2.53. The summed E-state index contributed by atoms with van der Waals surface area (Å²) in [5, 5.41) is 26.1. The maximum atomic E-state index is 13.1. The predicted molar refractivity (Wildman–Crippen MR) is 120 cm³/mol. The molecule has 0 fully saturated rings. The third kappa shape index (κ3) is 7.28. The van der Waals surface area contributed by atoms with E-state index in [2.05, 4.69) is 20.9 Å². The number of benzene rings is 1. The topological polar surface area (TPSA) is 230 Å². The van der Waals surface area contributed by atoms with Crippen molar-refractivity contribution in [2.45, 2.75) is 37.4 Å². The van der Waals surface area contributed by atoms with Crippen molar-refractivity contribution < 1.29 is 34.2 Å². The Morgan fingerprint density at radius 3 is 2.24 bits per heavy atom. The van der Waals surface area contributed by atoms with Crippen molar-refractivity contribution in [3.8, 4) is 0 Å². The standard InChI is InChI=1S/C21H28N6O7/c22-8-18(30)25-15(7-11-9-24-13-4-2-1-3-12(11)13)20(32)26-14(5-6-17(23)29)19(31)27-16(10-28)21(33)34/h1-4,9,14-16,24,28H,5-8,10,22H2,(H2,23,29)(H,25,30)(H,26,32)(H,27,31)(H,33,34). The number of hydrogen-bond acceptors (Lipinski definition) is 7. The van der Waals surface area contributed by atoms with E-state index in [0.717, 1.165) is 16.5 Å². The van der Waals surface area contributed by atoms with Crippen molar-refractivity contribution in [2.24, 2.45) is 11.5 Å². The van der Waals surface area contributed by atoms with Crippen LogP contribution in [0.5, 0.6) is 0 Å². The highest BCUT2D eigenvalue weighted by atomic mass is 16.4. The van der Waals surface area contributed by atoms with E-state index in [0.29, 0.717) is 0 Å². The van der Waals surface area contributed by atoms with E-state index in [9.17, 15) is 24.0 Å². The number of aromatic nitrogens is 1. The van der Waals surface area contributed by atoms with Gasteiger partial charge in [0, 0.05) is 29.9 Å². The number of nitrogens with one attached hydrogen (secondary N) is 4. The maximum absolute atomic E-state index is 13.1. The monoisotopic (exact) mass is 476 g/mol. The van der Waals surface area contributed by atoms with Gasteiger partial charge in [-0.15, -0.1) is 0 Å². The van der Waals surface area contributed by atoms with Gasteiger partial charge >= 0.3 is 5.97 Å². The Bertz CT molecular complexity index is 1050. The highest BCUT2D eigenvalue weighted by Crippen LogP contribution is 2.19. The van der Waals surface area contributed by atoms with E-state index in [1.54, 1.807) is 6.20 Å². The molecular formula is C21H28N6O7. The van der Waals surface area contributed by atoms with Gasteiger partial charge in [0.15, 0.2) is 0 Å². The molecule has 10 N–H and O–H groups in total. The molecule has 3 unspecified atom stereocenters. The average Bonchev–Trinajstić information content (AvgIpc) is 3.21. The molecule has 0 saturated carbocycles. The maximum Gasteiger partial charge on any atom is 0.328 e. The van der Waals surface area contributed by atoms with Crippen LogP contribution in [0.1, 0.15) is 18.4 Å². The number of H-pyrrole nitrogens is 1.